The predicted octanol–water partition coefficient (Wildman–Crippen LogP) is 2.88. The Bertz CT molecular complexity index is 875. The first-order chi connectivity index (χ1) is 12.6. The molecule has 2 N–H and O–H groups in total. The molecular weight excluding hydrogens is 389 g/mol. The molecule has 0 aromatic heterocycles. The average Bonchev–Trinajstić information content (AvgIpc) is 2.66. The SMILES string of the molecule is Cl.O=C1COc2c(cccc2C(=O)N2CCNCC2c2cccc(Cl)c2)N1. The minimum atomic E-state index is -0.221. The number of rotatable bonds is 2. The first-order valence-corrected chi connectivity index (χ1v) is 8.84. The maximum absolute atomic E-state index is 13.3. The largest absolute Gasteiger partial charge is 0.481 e. The Hall–Kier alpha value is -2.28. The highest BCUT2D eigenvalue weighted by Gasteiger charge is 2.32. The van der Waals surface area contributed by atoms with Crippen LogP contribution in [0.5, 0.6) is 5.75 Å². The first kappa shape index (κ1) is 19.5. The normalized spacial score (nSPS) is 18.6. The molecule has 0 radical (unpaired) electrons. The third-order valence-corrected chi connectivity index (χ3v) is 4.84. The molecule has 2 aromatic carbocycles. The van der Waals surface area contributed by atoms with Crippen LogP contribution >= 0.6 is 24.0 Å². The number of nitrogens with zero attached hydrogens (tertiary/aromatic N) is 1. The van der Waals surface area contributed by atoms with E-state index in [2.05, 4.69) is 10.6 Å². The second-order valence-corrected chi connectivity index (χ2v) is 6.73. The van der Waals surface area contributed by atoms with Crippen molar-refractivity contribution in [3.8, 4) is 5.75 Å². The highest BCUT2D eigenvalue weighted by molar-refractivity contribution is 6.30. The van der Waals surface area contributed by atoms with Crippen LogP contribution in [0.3, 0.4) is 0 Å². The molecule has 1 unspecified atom stereocenters. The summed E-state index contributed by atoms with van der Waals surface area (Å²) in [5.41, 5.74) is 1.97. The van der Waals surface area contributed by atoms with Gasteiger partial charge in [0.15, 0.2) is 12.4 Å². The van der Waals surface area contributed by atoms with Crippen LogP contribution in [-0.4, -0.2) is 43.0 Å². The van der Waals surface area contributed by atoms with E-state index in [4.69, 9.17) is 16.3 Å². The lowest BCUT2D eigenvalue weighted by Gasteiger charge is -2.37. The second-order valence-electron chi connectivity index (χ2n) is 6.29. The lowest BCUT2D eigenvalue weighted by atomic mass is 10.0. The summed E-state index contributed by atoms with van der Waals surface area (Å²) in [6, 6.07) is 12.7. The molecule has 4 rings (SSSR count). The number of carbonyl (C=O) groups is 2. The number of anilines is 1. The van der Waals surface area contributed by atoms with Gasteiger partial charge in [0.05, 0.1) is 17.3 Å². The molecule has 6 nitrogen and oxygen atoms in total. The zero-order valence-corrected chi connectivity index (χ0v) is 16.0. The van der Waals surface area contributed by atoms with E-state index in [1.54, 1.807) is 18.2 Å². The minimum Gasteiger partial charge on any atom is -0.481 e. The van der Waals surface area contributed by atoms with Crippen molar-refractivity contribution in [3.63, 3.8) is 0 Å². The quantitative estimate of drug-likeness (QED) is 0.802. The number of hydrogen-bond acceptors (Lipinski definition) is 4. The van der Waals surface area contributed by atoms with Crippen molar-refractivity contribution in [2.24, 2.45) is 0 Å². The summed E-state index contributed by atoms with van der Waals surface area (Å²) in [7, 11) is 0. The number of amides is 2. The van der Waals surface area contributed by atoms with Crippen LogP contribution in [-0.2, 0) is 4.79 Å². The van der Waals surface area contributed by atoms with Gasteiger partial charge in [0, 0.05) is 24.7 Å². The van der Waals surface area contributed by atoms with Gasteiger partial charge in [0.2, 0.25) is 0 Å². The standard InChI is InChI=1S/C19H18ClN3O3.ClH/c20-13-4-1-3-12(9-13)16-10-21-7-8-23(16)19(25)14-5-2-6-15-18(14)26-11-17(24)22-15;/h1-6,9,16,21H,7-8,10-11H2,(H,22,24);1H. The number of hydrogen-bond donors (Lipinski definition) is 2. The first-order valence-electron chi connectivity index (χ1n) is 8.46. The zero-order valence-electron chi connectivity index (χ0n) is 14.4. The summed E-state index contributed by atoms with van der Waals surface area (Å²) in [5.74, 6) is 0.0889. The molecule has 27 heavy (non-hydrogen) atoms. The third kappa shape index (κ3) is 3.88. The summed E-state index contributed by atoms with van der Waals surface area (Å²) in [6.45, 7) is 1.86. The molecule has 142 valence electrons. The van der Waals surface area contributed by atoms with Gasteiger partial charge in [-0.2, -0.15) is 0 Å². The van der Waals surface area contributed by atoms with Crippen molar-refractivity contribution >= 4 is 41.5 Å². The van der Waals surface area contributed by atoms with E-state index >= 15 is 0 Å². The van der Waals surface area contributed by atoms with Crippen LogP contribution in [0.15, 0.2) is 42.5 Å². The molecule has 2 heterocycles. The maximum atomic E-state index is 13.3. The van der Waals surface area contributed by atoms with Gasteiger partial charge in [-0.05, 0) is 29.8 Å². The van der Waals surface area contributed by atoms with E-state index in [-0.39, 0.29) is 36.9 Å². The lowest BCUT2D eigenvalue weighted by Crippen LogP contribution is -2.48. The Morgan fingerprint density at radius 1 is 1.22 bits per heavy atom. The molecule has 8 heteroatoms. The molecule has 0 aliphatic carbocycles. The number of piperazine rings is 1. The summed E-state index contributed by atoms with van der Waals surface area (Å²) in [5, 5.41) is 6.72. The minimum absolute atomic E-state index is 0. The number of ether oxygens (including phenoxy) is 1. The van der Waals surface area contributed by atoms with E-state index < -0.39 is 0 Å². The number of fused-ring (bicyclic) bond motifs is 1. The van der Waals surface area contributed by atoms with Crippen LogP contribution in [0.4, 0.5) is 5.69 Å². The van der Waals surface area contributed by atoms with Crippen LogP contribution in [0, 0.1) is 0 Å². The van der Waals surface area contributed by atoms with Gasteiger partial charge in [0.25, 0.3) is 11.8 Å². The van der Waals surface area contributed by atoms with Crippen molar-refractivity contribution in [1.82, 2.24) is 10.2 Å². The molecule has 2 amide bonds. The Labute approximate surface area is 168 Å². The fraction of sp³-hybridized carbons (Fsp3) is 0.263. The summed E-state index contributed by atoms with van der Waals surface area (Å²) >= 11 is 6.13. The monoisotopic (exact) mass is 407 g/mol. The fourth-order valence-electron chi connectivity index (χ4n) is 3.40. The van der Waals surface area contributed by atoms with Gasteiger partial charge in [-0.3, -0.25) is 9.59 Å². The molecule has 2 aliphatic rings. The van der Waals surface area contributed by atoms with Gasteiger partial charge in [-0.15, -0.1) is 12.4 Å². The van der Waals surface area contributed by atoms with Crippen LogP contribution in [0.2, 0.25) is 5.02 Å². The molecule has 1 atom stereocenters. The molecule has 1 fully saturated rings. The van der Waals surface area contributed by atoms with Gasteiger partial charge in [-0.25, -0.2) is 0 Å². The van der Waals surface area contributed by atoms with E-state index in [1.165, 1.54) is 0 Å². The average molecular weight is 408 g/mol. The Morgan fingerprint density at radius 2 is 2.04 bits per heavy atom. The molecule has 0 saturated carbocycles. The van der Waals surface area contributed by atoms with E-state index in [9.17, 15) is 9.59 Å². The second kappa shape index (κ2) is 8.17. The van der Waals surface area contributed by atoms with Gasteiger partial charge >= 0.3 is 0 Å². The highest BCUT2D eigenvalue weighted by Crippen LogP contribution is 2.34. The van der Waals surface area contributed by atoms with Crippen molar-refractivity contribution < 1.29 is 14.3 Å². The van der Waals surface area contributed by atoms with Crippen LogP contribution in [0.25, 0.3) is 0 Å². The maximum Gasteiger partial charge on any atom is 0.262 e. The highest BCUT2D eigenvalue weighted by atomic mass is 35.5. The molecule has 2 aliphatic heterocycles. The van der Waals surface area contributed by atoms with Crippen LogP contribution < -0.4 is 15.4 Å². The Morgan fingerprint density at radius 3 is 2.85 bits per heavy atom. The van der Waals surface area contributed by atoms with E-state index in [1.807, 2.05) is 29.2 Å². The summed E-state index contributed by atoms with van der Waals surface area (Å²) < 4.78 is 5.54. The Kier molecular flexibility index (Phi) is 5.89. The fourth-order valence-corrected chi connectivity index (χ4v) is 3.60. The van der Waals surface area contributed by atoms with E-state index in [0.29, 0.717) is 35.1 Å². The number of benzene rings is 2. The molecule has 0 bridgehead atoms. The van der Waals surface area contributed by atoms with Gasteiger partial charge < -0.3 is 20.3 Å². The predicted molar refractivity (Wildman–Crippen MR) is 106 cm³/mol. The molecule has 0 spiro atoms. The molecular formula is C19H19Cl2N3O3. The van der Waals surface area contributed by atoms with Gasteiger partial charge in [0.1, 0.15) is 0 Å². The van der Waals surface area contributed by atoms with Crippen LogP contribution in [0.1, 0.15) is 22.0 Å². The zero-order chi connectivity index (χ0) is 18.1. The topological polar surface area (TPSA) is 70.7 Å². The number of halogens is 2. The molecule has 2 aromatic rings. The number of nitrogens with one attached hydrogen (secondary N) is 2. The summed E-state index contributed by atoms with van der Waals surface area (Å²) in [4.78, 5) is 26.7. The van der Waals surface area contributed by atoms with Crippen molar-refractivity contribution in [3.05, 3.63) is 58.6 Å². The van der Waals surface area contributed by atoms with Crippen molar-refractivity contribution in [1.29, 1.82) is 0 Å². The Balaban J connectivity index is 0.00000210. The number of carbonyl (C=O) groups excluding carboxylic acids is 2. The van der Waals surface area contributed by atoms with Crippen molar-refractivity contribution in [2.75, 3.05) is 31.6 Å². The van der Waals surface area contributed by atoms with Gasteiger partial charge in [-0.1, -0.05) is 29.8 Å². The summed E-state index contributed by atoms with van der Waals surface area (Å²) in [6.07, 6.45) is 0. The molecule has 1 saturated heterocycles. The van der Waals surface area contributed by atoms with Crippen molar-refractivity contribution in [2.45, 2.75) is 6.04 Å². The number of para-hydroxylation sites is 1. The third-order valence-electron chi connectivity index (χ3n) is 4.60. The van der Waals surface area contributed by atoms with E-state index in [0.717, 1.165) is 12.1 Å². The smallest absolute Gasteiger partial charge is 0.262 e. The lowest BCUT2D eigenvalue weighted by molar-refractivity contribution is -0.118.